The van der Waals surface area contributed by atoms with E-state index in [1.807, 2.05) is 0 Å². The molecule has 1 fully saturated rings. The van der Waals surface area contributed by atoms with Crippen molar-refractivity contribution in [3.63, 3.8) is 0 Å². The SMILES string of the molecule is COc1ccc(C2SCC(=O)N2NC(=O)Cn2cnc3c2c(=O)n(C)c(=O)n3C)c(OC)c1. The normalized spacial score (nSPS) is 15.8. The Hall–Kier alpha value is -3.74. The van der Waals surface area contributed by atoms with Gasteiger partial charge in [0.1, 0.15) is 23.4 Å². The van der Waals surface area contributed by atoms with Crippen LogP contribution in [0, 0.1) is 0 Å². The highest BCUT2D eigenvalue weighted by atomic mass is 32.2. The number of hydrogen-bond acceptors (Lipinski definition) is 8. The molecule has 174 valence electrons. The molecule has 0 spiro atoms. The number of aromatic nitrogens is 4. The number of amides is 2. The Morgan fingerprint density at radius 2 is 1.94 bits per heavy atom. The Morgan fingerprint density at radius 1 is 1.18 bits per heavy atom. The Balaban J connectivity index is 1.60. The number of ether oxygens (including phenoxy) is 2. The third kappa shape index (κ3) is 3.84. The molecule has 0 aliphatic carbocycles. The number of hydrogen-bond donors (Lipinski definition) is 1. The average molecular weight is 474 g/mol. The summed E-state index contributed by atoms with van der Waals surface area (Å²) in [6.45, 7) is -0.273. The lowest BCUT2D eigenvalue weighted by Crippen LogP contribution is -2.46. The number of methoxy groups -OCH3 is 2. The number of rotatable bonds is 6. The Morgan fingerprint density at radius 3 is 2.64 bits per heavy atom. The summed E-state index contributed by atoms with van der Waals surface area (Å²) in [6, 6.07) is 5.23. The number of fused-ring (bicyclic) bond motifs is 1. The molecule has 1 saturated heterocycles. The summed E-state index contributed by atoms with van der Waals surface area (Å²) in [5.74, 6) is 0.495. The molecule has 13 heteroatoms. The van der Waals surface area contributed by atoms with Crippen LogP contribution in [0.4, 0.5) is 0 Å². The van der Waals surface area contributed by atoms with Gasteiger partial charge in [0.05, 0.1) is 26.3 Å². The first-order valence-electron chi connectivity index (χ1n) is 9.82. The molecule has 3 heterocycles. The molecule has 1 aliphatic rings. The molecule has 0 radical (unpaired) electrons. The number of imidazole rings is 1. The van der Waals surface area contributed by atoms with E-state index in [9.17, 15) is 19.2 Å². The van der Waals surface area contributed by atoms with Crippen molar-refractivity contribution in [2.75, 3.05) is 20.0 Å². The quantitative estimate of drug-likeness (QED) is 0.518. The lowest BCUT2D eigenvalue weighted by Gasteiger charge is -2.26. The maximum absolute atomic E-state index is 12.8. The fourth-order valence-electron chi connectivity index (χ4n) is 3.64. The molecule has 1 unspecified atom stereocenters. The number of nitrogens with zero attached hydrogens (tertiary/aromatic N) is 5. The van der Waals surface area contributed by atoms with Crippen LogP contribution in [-0.4, -0.2) is 55.5 Å². The largest absolute Gasteiger partial charge is 0.497 e. The van der Waals surface area contributed by atoms with Gasteiger partial charge in [-0.15, -0.1) is 11.8 Å². The van der Waals surface area contributed by atoms with Crippen LogP contribution in [0.3, 0.4) is 0 Å². The van der Waals surface area contributed by atoms with Crippen molar-refractivity contribution in [3.8, 4) is 11.5 Å². The van der Waals surface area contributed by atoms with Crippen LogP contribution in [0.15, 0.2) is 34.1 Å². The van der Waals surface area contributed by atoms with Crippen molar-refractivity contribution < 1.29 is 19.1 Å². The van der Waals surface area contributed by atoms with Crippen molar-refractivity contribution in [2.45, 2.75) is 11.9 Å². The predicted octanol–water partition coefficient (Wildman–Crippen LogP) is -0.244. The number of nitrogens with one attached hydrogen (secondary N) is 1. The number of carbonyl (C=O) groups excluding carboxylic acids is 2. The van der Waals surface area contributed by atoms with Crippen LogP contribution in [0.5, 0.6) is 11.5 Å². The van der Waals surface area contributed by atoms with Gasteiger partial charge >= 0.3 is 5.69 Å². The summed E-state index contributed by atoms with van der Waals surface area (Å²) >= 11 is 1.35. The minimum Gasteiger partial charge on any atom is -0.497 e. The first kappa shape index (κ1) is 22.5. The van der Waals surface area contributed by atoms with Crippen molar-refractivity contribution >= 4 is 34.7 Å². The third-order valence-electron chi connectivity index (χ3n) is 5.35. The second kappa shape index (κ2) is 8.65. The molecule has 33 heavy (non-hydrogen) atoms. The first-order chi connectivity index (χ1) is 15.8. The number of carbonyl (C=O) groups is 2. The number of aryl methyl sites for hydroxylation is 1. The first-order valence-corrected chi connectivity index (χ1v) is 10.9. The molecule has 2 aromatic heterocycles. The van der Waals surface area contributed by atoms with Gasteiger partial charge in [-0.1, -0.05) is 0 Å². The Bertz CT molecular complexity index is 1380. The standard InChI is InChI=1S/C20H22N6O6S/c1-23-17-16(18(29)24(2)20(23)30)25(10-21-17)8-14(27)22-26-15(28)9-33-19(26)12-6-5-11(31-3)7-13(12)32-4/h5-7,10,19H,8-9H2,1-4H3,(H,22,27). The summed E-state index contributed by atoms with van der Waals surface area (Å²) in [7, 11) is 5.91. The topological polar surface area (TPSA) is 130 Å². The van der Waals surface area contributed by atoms with Crippen LogP contribution < -0.4 is 26.1 Å². The van der Waals surface area contributed by atoms with Gasteiger partial charge in [-0.3, -0.25) is 28.9 Å². The van der Waals surface area contributed by atoms with Gasteiger partial charge in [-0.05, 0) is 12.1 Å². The maximum atomic E-state index is 12.8. The van der Waals surface area contributed by atoms with E-state index < -0.39 is 22.5 Å². The molecule has 12 nitrogen and oxygen atoms in total. The Kier molecular flexibility index (Phi) is 5.89. The van der Waals surface area contributed by atoms with E-state index in [1.54, 1.807) is 25.3 Å². The molecular weight excluding hydrogens is 452 g/mol. The summed E-state index contributed by atoms with van der Waals surface area (Å²) < 4.78 is 14.2. The van der Waals surface area contributed by atoms with E-state index in [4.69, 9.17) is 9.47 Å². The van der Waals surface area contributed by atoms with Gasteiger partial charge in [0.2, 0.25) is 0 Å². The number of benzene rings is 1. The predicted molar refractivity (Wildman–Crippen MR) is 120 cm³/mol. The van der Waals surface area contributed by atoms with E-state index in [0.717, 1.165) is 4.57 Å². The minimum absolute atomic E-state index is 0.116. The zero-order chi connectivity index (χ0) is 23.9. The Labute approximate surface area is 191 Å². The minimum atomic E-state index is -0.563. The molecule has 0 saturated carbocycles. The summed E-state index contributed by atoms with van der Waals surface area (Å²) in [4.78, 5) is 54.2. The van der Waals surface area contributed by atoms with Crippen LogP contribution >= 0.6 is 11.8 Å². The molecule has 1 atom stereocenters. The highest BCUT2D eigenvalue weighted by Crippen LogP contribution is 2.42. The molecular formula is C20H22N6O6S. The van der Waals surface area contributed by atoms with Crippen LogP contribution in [0.2, 0.25) is 0 Å². The second-order valence-corrected chi connectivity index (χ2v) is 8.39. The molecule has 1 aromatic carbocycles. The van der Waals surface area contributed by atoms with Gasteiger partial charge in [0.25, 0.3) is 17.4 Å². The average Bonchev–Trinajstić information content (AvgIpc) is 3.39. The van der Waals surface area contributed by atoms with E-state index in [0.29, 0.717) is 17.1 Å². The third-order valence-corrected chi connectivity index (χ3v) is 6.54. The van der Waals surface area contributed by atoms with Crippen LogP contribution in [-0.2, 0) is 30.2 Å². The fraction of sp³-hybridized carbons (Fsp3) is 0.350. The van der Waals surface area contributed by atoms with Crippen molar-refractivity contribution in [3.05, 3.63) is 50.9 Å². The lowest BCUT2D eigenvalue weighted by atomic mass is 10.2. The maximum Gasteiger partial charge on any atom is 0.332 e. The number of hydrazine groups is 1. The highest BCUT2D eigenvalue weighted by molar-refractivity contribution is 8.00. The van der Waals surface area contributed by atoms with Crippen LogP contribution in [0.25, 0.3) is 11.2 Å². The molecule has 4 rings (SSSR count). The van der Waals surface area contributed by atoms with Gasteiger partial charge < -0.3 is 14.0 Å². The zero-order valence-electron chi connectivity index (χ0n) is 18.4. The summed E-state index contributed by atoms with van der Waals surface area (Å²) in [5, 5.41) is 0.750. The molecule has 1 aliphatic heterocycles. The van der Waals surface area contributed by atoms with Gasteiger partial charge in [0.15, 0.2) is 11.2 Å². The fourth-order valence-corrected chi connectivity index (χ4v) is 4.77. The molecule has 0 bridgehead atoms. The van der Waals surface area contributed by atoms with Crippen LogP contribution in [0.1, 0.15) is 10.9 Å². The van der Waals surface area contributed by atoms with E-state index >= 15 is 0 Å². The second-order valence-electron chi connectivity index (χ2n) is 7.32. The number of thioether (sulfide) groups is 1. The van der Waals surface area contributed by atoms with E-state index in [2.05, 4.69) is 10.4 Å². The molecule has 2 amide bonds. The van der Waals surface area contributed by atoms with Gasteiger partial charge in [-0.25, -0.2) is 14.8 Å². The van der Waals surface area contributed by atoms with Gasteiger partial charge in [0, 0.05) is 25.7 Å². The van der Waals surface area contributed by atoms with Crippen molar-refractivity contribution in [2.24, 2.45) is 14.1 Å². The highest BCUT2D eigenvalue weighted by Gasteiger charge is 2.36. The monoisotopic (exact) mass is 474 g/mol. The zero-order valence-corrected chi connectivity index (χ0v) is 19.2. The van der Waals surface area contributed by atoms with Gasteiger partial charge in [-0.2, -0.15) is 0 Å². The molecule has 3 aromatic rings. The summed E-state index contributed by atoms with van der Waals surface area (Å²) in [6.07, 6.45) is 1.32. The van der Waals surface area contributed by atoms with E-state index in [1.165, 1.54) is 53.4 Å². The van der Waals surface area contributed by atoms with Crippen molar-refractivity contribution in [1.82, 2.24) is 29.1 Å². The van der Waals surface area contributed by atoms with E-state index in [-0.39, 0.29) is 29.4 Å². The lowest BCUT2D eigenvalue weighted by molar-refractivity contribution is -0.139. The van der Waals surface area contributed by atoms with Crippen molar-refractivity contribution in [1.29, 1.82) is 0 Å². The molecule has 1 N–H and O–H groups in total. The summed E-state index contributed by atoms with van der Waals surface area (Å²) in [5.41, 5.74) is 2.54. The smallest absolute Gasteiger partial charge is 0.332 e.